The van der Waals surface area contributed by atoms with E-state index in [1.807, 2.05) is 0 Å². The van der Waals surface area contributed by atoms with Crippen molar-refractivity contribution in [2.45, 2.75) is 33.3 Å². The summed E-state index contributed by atoms with van der Waals surface area (Å²) in [6.45, 7) is 7.41. The lowest BCUT2D eigenvalue weighted by Crippen LogP contribution is -2.37. The fraction of sp³-hybridized carbons (Fsp3) is 0.409. The Morgan fingerprint density at radius 3 is 2.24 bits per heavy atom. The Hall–Kier alpha value is -3.29. The number of methoxy groups -OCH3 is 1. The summed E-state index contributed by atoms with van der Waals surface area (Å²) in [6.07, 6.45) is 4.43. The number of Topliss-reactive ketones (excluding diaryl/α,β-unsaturated/α-hetero) is 1. The van der Waals surface area contributed by atoms with Gasteiger partial charge >= 0.3 is 12.1 Å². The molecule has 0 aliphatic carbocycles. The van der Waals surface area contributed by atoms with E-state index in [9.17, 15) is 14.4 Å². The predicted molar refractivity (Wildman–Crippen MR) is 109 cm³/mol. The topological polar surface area (TPSA) is 102 Å². The first kappa shape index (κ1) is 25.7. The fourth-order valence-corrected chi connectivity index (χ4v) is 1.75. The number of carboxylic acid groups (broad SMARTS) is 1. The molecule has 29 heavy (non-hydrogen) atoms. The minimum absolute atomic E-state index is 0.0430. The van der Waals surface area contributed by atoms with Crippen molar-refractivity contribution in [1.82, 2.24) is 5.32 Å². The van der Waals surface area contributed by atoms with Gasteiger partial charge in [0.1, 0.15) is 12.2 Å². The van der Waals surface area contributed by atoms with Crippen molar-refractivity contribution < 1.29 is 29.0 Å². The molecule has 0 saturated carbocycles. The van der Waals surface area contributed by atoms with E-state index in [1.54, 1.807) is 39.8 Å². The molecule has 0 unspecified atom stereocenters. The van der Waals surface area contributed by atoms with Crippen molar-refractivity contribution in [3.63, 3.8) is 0 Å². The molecule has 0 fully saturated rings. The second-order valence-corrected chi connectivity index (χ2v) is 6.96. The first-order chi connectivity index (χ1) is 13.5. The smallest absolute Gasteiger partial charge is 0.407 e. The third-order valence-electron chi connectivity index (χ3n) is 3.20. The van der Waals surface area contributed by atoms with Gasteiger partial charge in [-0.05, 0) is 56.9 Å². The Morgan fingerprint density at radius 1 is 1.21 bits per heavy atom. The Kier molecular flexibility index (Phi) is 11.5. The molecule has 1 amide bonds. The number of terminal acetylenes is 1. The number of amides is 1. The number of carboxylic acids is 1. The second kappa shape index (κ2) is 13.0. The molecule has 0 spiro atoms. The monoisotopic (exact) mass is 401 g/mol. The third kappa shape index (κ3) is 12.7. The molecule has 0 saturated heterocycles. The SMILES string of the molecule is C#CC#Cc1ccc(C(=O)O)cc1.COCC(=O)[C@@H](C)CNC(=O)OC(C)(C)C. The first-order valence-electron chi connectivity index (χ1n) is 8.78. The molecule has 7 nitrogen and oxygen atoms in total. The average molecular weight is 401 g/mol. The van der Waals surface area contributed by atoms with E-state index in [4.69, 9.17) is 21.0 Å². The molecule has 0 aliphatic rings. The first-order valence-corrected chi connectivity index (χ1v) is 8.78. The van der Waals surface area contributed by atoms with Gasteiger partial charge in [-0.3, -0.25) is 4.79 Å². The summed E-state index contributed by atoms with van der Waals surface area (Å²) in [6, 6.07) is 6.22. The van der Waals surface area contributed by atoms with Crippen molar-refractivity contribution in [1.29, 1.82) is 0 Å². The lowest BCUT2D eigenvalue weighted by atomic mass is 10.1. The molecule has 0 radical (unpaired) electrons. The van der Waals surface area contributed by atoms with Crippen LogP contribution in [-0.2, 0) is 14.3 Å². The number of carbonyl (C=O) groups excluding carboxylic acids is 2. The van der Waals surface area contributed by atoms with E-state index in [2.05, 4.69) is 23.1 Å². The summed E-state index contributed by atoms with van der Waals surface area (Å²) >= 11 is 0. The predicted octanol–water partition coefficient (Wildman–Crippen LogP) is 2.73. The summed E-state index contributed by atoms with van der Waals surface area (Å²) < 4.78 is 9.75. The highest BCUT2D eigenvalue weighted by molar-refractivity contribution is 5.87. The number of nitrogens with one attached hydrogen (secondary N) is 1. The van der Waals surface area contributed by atoms with Crippen LogP contribution in [0.2, 0.25) is 0 Å². The van der Waals surface area contributed by atoms with E-state index in [0.717, 1.165) is 0 Å². The largest absolute Gasteiger partial charge is 0.478 e. The summed E-state index contributed by atoms with van der Waals surface area (Å²) in [7, 11) is 1.46. The van der Waals surface area contributed by atoms with E-state index in [1.165, 1.54) is 19.2 Å². The van der Waals surface area contributed by atoms with Crippen LogP contribution < -0.4 is 5.32 Å². The summed E-state index contributed by atoms with van der Waals surface area (Å²) in [5.41, 5.74) is 0.429. The Morgan fingerprint density at radius 2 is 1.79 bits per heavy atom. The highest BCUT2D eigenvalue weighted by Crippen LogP contribution is 2.06. The maximum Gasteiger partial charge on any atom is 0.407 e. The zero-order chi connectivity index (χ0) is 22.4. The molecule has 1 atom stereocenters. The summed E-state index contributed by atoms with van der Waals surface area (Å²) in [5, 5.41) is 11.1. The maximum atomic E-state index is 11.3. The number of hydrogen-bond acceptors (Lipinski definition) is 5. The number of aromatic carboxylic acids is 1. The van der Waals surface area contributed by atoms with Crippen molar-refractivity contribution in [3.8, 4) is 24.2 Å². The normalized spacial score (nSPS) is 10.8. The molecule has 0 aromatic heterocycles. The lowest BCUT2D eigenvalue weighted by Gasteiger charge is -2.20. The van der Waals surface area contributed by atoms with Crippen LogP contribution in [0.5, 0.6) is 0 Å². The van der Waals surface area contributed by atoms with Gasteiger partial charge in [-0.1, -0.05) is 12.8 Å². The molecule has 0 heterocycles. The van der Waals surface area contributed by atoms with Crippen LogP contribution >= 0.6 is 0 Å². The van der Waals surface area contributed by atoms with Crippen molar-refractivity contribution in [3.05, 3.63) is 35.4 Å². The Balaban J connectivity index is 0.000000551. The molecule has 7 heteroatoms. The van der Waals surface area contributed by atoms with Gasteiger partial charge in [0.05, 0.1) is 5.56 Å². The van der Waals surface area contributed by atoms with E-state index in [-0.39, 0.29) is 30.4 Å². The van der Waals surface area contributed by atoms with Crippen LogP contribution in [0.4, 0.5) is 4.79 Å². The molecule has 1 aromatic carbocycles. The number of ether oxygens (including phenoxy) is 2. The zero-order valence-corrected chi connectivity index (χ0v) is 17.4. The van der Waals surface area contributed by atoms with Crippen LogP contribution in [0.3, 0.4) is 0 Å². The van der Waals surface area contributed by atoms with Crippen LogP contribution in [0.1, 0.15) is 43.6 Å². The summed E-state index contributed by atoms with van der Waals surface area (Å²) in [5.74, 6) is 6.04. The highest BCUT2D eigenvalue weighted by atomic mass is 16.6. The van der Waals surface area contributed by atoms with Gasteiger partial charge in [0.15, 0.2) is 5.78 Å². The Labute approximate surface area is 171 Å². The molecule has 2 N–H and O–H groups in total. The van der Waals surface area contributed by atoms with Gasteiger partial charge in [-0.15, -0.1) is 6.42 Å². The van der Waals surface area contributed by atoms with Crippen molar-refractivity contribution in [2.24, 2.45) is 5.92 Å². The quantitative estimate of drug-likeness (QED) is 0.711. The number of benzene rings is 1. The average Bonchev–Trinajstić information content (AvgIpc) is 2.64. The molecular formula is C22H27NO6. The number of rotatable bonds is 6. The van der Waals surface area contributed by atoms with Crippen LogP contribution in [-0.4, -0.2) is 48.8 Å². The number of alkyl carbamates (subject to hydrolysis) is 1. The molecule has 0 aliphatic heterocycles. The van der Waals surface area contributed by atoms with E-state index in [0.29, 0.717) is 5.56 Å². The zero-order valence-electron chi connectivity index (χ0n) is 17.4. The van der Waals surface area contributed by atoms with Crippen LogP contribution in [0.15, 0.2) is 24.3 Å². The minimum atomic E-state index is -0.948. The second-order valence-electron chi connectivity index (χ2n) is 6.96. The maximum absolute atomic E-state index is 11.3. The fourth-order valence-electron chi connectivity index (χ4n) is 1.75. The number of hydrogen-bond donors (Lipinski definition) is 2. The van der Waals surface area contributed by atoms with Gasteiger partial charge in [0, 0.05) is 25.1 Å². The van der Waals surface area contributed by atoms with E-state index >= 15 is 0 Å². The van der Waals surface area contributed by atoms with Crippen LogP contribution in [0, 0.1) is 30.1 Å². The molecule has 156 valence electrons. The van der Waals surface area contributed by atoms with Gasteiger partial charge in [0.25, 0.3) is 0 Å². The highest BCUT2D eigenvalue weighted by Gasteiger charge is 2.18. The van der Waals surface area contributed by atoms with Gasteiger partial charge < -0.3 is 19.9 Å². The third-order valence-corrected chi connectivity index (χ3v) is 3.20. The van der Waals surface area contributed by atoms with Crippen molar-refractivity contribution >= 4 is 17.8 Å². The van der Waals surface area contributed by atoms with Gasteiger partial charge in [-0.2, -0.15) is 0 Å². The van der Waals surface area contributed by atoms with E-state index < -0.39 is 17.7 Å². The lowest BCUT2D eigenvalue weighted by molar-refractivity contribution is -0.125. The molecule has 0 bridgehead atoms. The van der Waals surface area contributed by atoms with Gasteiger partial charge in [-0.25, -0.2) is 9.59 Å². The molecule has 1 rings (SSSR count). The standard InChI is InChI=1S/C11H21NO4.C11H6O2/c1-8(9(13)7-15-5)6-12-10(14)16-11(2,3)4;1-2-3-4-9-5-7-10(8-6-9)11(12)13/h8H,6-7H2,1-5H3,(H,12,14);1,5-8H,(H,12,13)/t8-;/m0./s1. The number of carbonyl (C=O) groups is 3. The molecule has 1 aromatic rings. The van der Waals surface area contributed by atoms with Gasteiger partial charge in [0.2, 0.25) is 0 Å². The Bertz CT molecular complexity index is 788. The summed E-state index contributed by atoms with van der Waals surface area (Å²) in [4.78, 5) is 33.0. The number of ketones is 1. The van der Waals surface area contributed by atoms with Crippen molar-refractivity contribution in [2.75, 3.05) is 20.3 Å². The minimum Gasteiger partial charge on any atom is -0.478 e. The molecular weight excluding hydrogens is 374 g/mol. The van der Waals surface area contributed by atoms with Crippen LogP contribution in [0.25, 0.3) is 0 Å².